The van der Waals surface area contributed by atoms with E-state index in [1.54, 1.807) is 6.08 Å². The maximum Gasteiger partial charge on any atom is 0.355 e. The van der Waals surface area contributed by atoms with Crippen molar-refractivity contribution < 1.29 is 9.90 Å². The van der Waals surface area contributed by atoms with Gasteiger partial charge in [-0.25, -0.2) is 14.8 Å². The molecule has 2 rings (SSSR count). The number of nitrogens with zero attached hydrogens (tertiary/aromatic N) is 2. The fraction of sp³-hybridized carbons (Fsp3) is 0.462. The van der Waals surface area contributed by atoms with E-state index in [-0.39, 0.29) is 17.4 Å². The van der Waals surface area contributed by atoms with Crippen molar-refractivity contribution in [1.82, 2.24) is 9.97 Å². The number of carboxylic acid groups (broad SMARTS) is 1. The van der Waals surface area contributed by atoms with Gasteiger partial charge in [0, 0.05) is 11.5 Å². The SMILES string of the molecule is C[Si](C)(C)C=Cc1c(N)nc(C2CC2)nc1C(=O)O. The molecule has 0 aromatic carbocycles. The molecule has 3 N–H and O–H groups in total. The summed E-state index contributed by atoms with van der Waals surface area (Å²) in [5.74, 6) is 0.0745. The molecule has 1 aromatic heterocycles. The van der Waals surface area contributed by atoms with Crippen LogP contribution >= 0.6 is 0 Å². The molecule has 0 bridgehead atoms. The Kier molecular flexibility index (Phi) is 3.45. The van der Waals surface area contributed by atoms with Crippen molar-refractivity contribution in [2.45, 2.75) is 38.4 Å². The van der Waals surface area contributed by atoms with Gasteiger partial charge in [0.2, 0.25) is 0 Å². The first-order chi connectivity index (χ1) is 8.78. The summed E-state index contributed by atoms with van der Waals surface area (Å²) in [5.41, 5.74) is 8.40. The second-order valence-corrected chi connectivity index (χ2v) is 11.1. The van der Waals surface area contributed by atoms with E-state index in [0.717, 1.165) is 12.8 Å². The van der Waals surface area contributed by atoms with Crippen LogP contribution in [0.4, 0.5) is 5.82 Å². The van der Waals surface area contributed by atoms with Crippen LogP contribution in [0.1, 0.15) is 40.6 Å². The number of nitrogens with two attached hydrogens (primary N) is 1. The van der Waals surface area contributed by atoms with Crippen LogP contribution in [0.25, 0.3) is 6.08 Å². The quantitative estimate of drug-likeness (QED) is 0.825. The van der Waals surface area contributed by atoms with E-state index in [2.05, 4.69) is 29.6 Å². The molecule has 1 aliphatic rings. The predicted molar refractivity (Wildman–Crippen MR) is 77.8 cm³/mol. The summed E-state index contributed by atoms with van der Waals surface area (Å²) < 4.78 is 0. The Labute approximate surface area is 113 Å². The molecule has 0 amide bonds. The summed E-state index contributed by atoms with van der Waals surface area (Å²) in [6.07, 6.45) is 3.80. The van der Waals surface area contributed by atoms with Crippen LogP contribution in [-0.2, 0) is 0 Å². The third-order valence-electron chi connectivity index (χ3n) is 2.89. The van der Waals surface area contributed by atoms with E-state index < -0.39 is 14.0 Å². The Balaban J connectivity index is 2.46. The Morgan fingerprint density at radius 3 is 2.47 bits per heavy atom. The molecule has 1 heterocycles. The van der Waals surface area contributed by atoms with Crippen molar-refractivity contribution >= 4 is 25.9 Å². The highest BCUT2D eigenvalue weighted by Gasteiger charge is 2.29. The number of anilines is 1. The van der Waals surface area contributed by atoms with Gasteiger partial charge in [-0.05, 0) is 12.8 Å². The smallest absolute Gasteiger partial charge is 0.355 e. The number of hydrogen-bond acceptors (Lipinski definition) is 4. The van der Waals surface area contributed by atoms with E-state index in [1.807, 2.05) is 5.70 Å². The maximum atomic E-state index is 11.3. The molecule has 1 aliphatic carbocycles. The van der Waals surface area contributed by atoms with Crippen molar-refractivity contribution in [3.05, 3.63) is 22.8 Å². The molecular weight excluding hydrogens is 258 g/mol. The van der Waals surface area contributed by atoms with Gasteiger partial charge in [0.15, 0.2) is 5.69 Å². The molecule has 1 fully saturated rings. The summed E-state index contributed by atoms with van der Waals surface area (Å²) in [7, 11) is -1.43. The highest BCUT2D eigenvalue weighted by atomic mass is 28.3. The van der Waals surface area contributed by atoms with Crippen molar-refractivity contribution in [2.24, 2.45) is 0 Å². The zero-order chi connectivity index (χ0) is 14.2. The Bertz CT molecular complexity index is 546. The minimum absolute atomic E-state index is 0.0175. The minimum atomic E-state index is -1.43. The van der Waals surface area contributed by atoms with Crippen LogP contribution in [0.2, 0.25) is 19.6 Å². The summed E-state index contributed by atoms with van der Waals surface area (Å²) >= 11 is 0. The second-order valence-electron chi connectivity index (χ2n) is 6.01. The highest BCUT2D eigenvalue weighted by molar-refractivity contribution is 6.81. The number of aromatic carboxylic acids is 1. The number of carbonyl (C=O) groups is 1. The summed E-state index contributed by atoms with van der Waals surface area (Å²) in [6.45, 7) is 6.50. The first kappa shape index (κ1) is 13.7. The van der Waals surface area contributed by atoms with Crippen molar-refractivity contribution in [1.29, 1.82) is 0 Å². The Hall–Kier alpha value is -1.69. The molecule has 0 spiro atoms. The number of hydrogen-bond donors (Lipinski definition) is 2. The van der Waals surface area contributed by atoms with Gasteiger partial charge in [0.25, 0.3) is 0 Å². The van der Waals surface area contributed by atoms with Crippen LogP contribution in [0.15, 0.2) is 5.70 Å². The lowest BCUT2D eigenvalue weighted by molar-refractivity contribution is 0.0689. The fourth-order valence-electron chi connectivity index (χ4n) is 1.69. The van der Waals surface area contributed by atoms with Crippen LogP contribution in [0, 0.1) is 0 Å². The molecular formula is C13H19N3O2Si. The summed E-state index contributed by atoms with van der Waals surface area (Å²) in [6, 6.07) is 0. The monoisotopic (exact) mass is 277 g/mol. The van der Waals surface area contributed by atoms with Crippen molar-refractivity contribution in [2.75, 3.05) is 5.73 Å². The molecule has 1 saturated carbocycles. The largest absolute Gasteiger partial charge is 0.476 e. The van der Waals surface area contributed by atoms with Gasteiger partial charge in [0.05, 0.1) is 8.07 Å². The number of carboxylic acids is 1. The third-order valence-corrected chi connectivity index (χ3v) is 4.05. The van der Waals surface area contributed by atoms with E-state index >= 15 is 0 Å². The lowest BCUT2D eigenvalue weighted by atomic mass is 10.2. The van der Waals surface area contributed by atoms with Crippen LogP contribution in [-0.4, -0.2) is 29.1 Å². The summed E-state index contributed by atoms with van der Waals surface area (Å²) in [4.78, 5) is 19.7. The molecule has 19 heavy (non-hydrogen) atoms. The molecule has 0 radical (unpaired) electrons. The molecule has 0 aliphatic heterocycles. The molecule has 102 valence electrons. The number of rotatable bonds is 4. The Morgan fingerprint density at radius 1 is 1.37 bits per heavy atom. The lowest BCUT2D eigenvalue weighted by Gasteiger charge is -2.11. The van der Waals surface area contributed by atoms with Gasteiger partial charge in [-0.15, -0.1) is 0 Å². The molecule has 0 atom stereocenters. The van der Waals surface area contributed by atoms with Gasteiger partial charge >= 0.3 is 5.97 Å². The normalized spacial score (nSPS) is 15.9. The Morgan fingerprint density at radius 2 is 2.00 bits per heavy atom. The van der Waals surface area contributed by atoms with Gasteiger partial charge in [-0.2, -0.15) is 0 Å². The standard InChI is InChI=1S/C13H19N3O2Si/c1-19(2,3)7-6-9-10(13(17)18)15-12(8-4-5-8)16-11(9)14/h6-8H,4-5H2,1-3H3,(H,17,18)(H2,14,15,16). The van der Waals surface area contributed by atoms with Crippen LogP contribution in [0.3, 0.4) is 0 Å². The predicted octanol–water partition coefficient (Wildman–Crippen LogP) is 2.53. The first-order valence-electron chi connectivity index (χ1n) is 6.38. The minimum Gasteiger partial charge on any atom is -0.476 e. The average Bonchev–Trinajstić information content (AvgIpc) is 3.08. The van der Waals surface area contributed by atoms with Gasteiger partial charge in [-0.3, -0.25) is 0 Å². The number of nitrogen functional groups attached to an aromatic ring is 1. The topological polar surface area (TPSA) is 89.1 Å². The van der Waals surface area contributed by atoms with Crippen LogP contribution in [0.5, 0.6) is 0 Å². The molecule has 5 nitrogen and oxygen atoms in total. The van der Waals surface area contributed by atoms with Crippen molar-refractivity contribution in [3.8, 4) is 0 Å². The van der Waals surface area contributed by atoms with E-state index in [0.29, 0.717) is 11.4 Å². The van der Waals surface area contributed by atoms with E-state index in [9.17, 15) is 9.90 Å². The lowest BCUT2D eigenvalue weighted by Crippen LogP contribution is -2.16. The van der Waals surface area contributed by atoms with Gasteiger partial charge in [0.1, 0.15) is 11.6 Å². The third kappa shape index (κ3) is 3.41. The van der Waals surface area contributed by atoms with E-state index in [1.165, 1.54) is 0 Å². The van der Waals surface area contributed by atoms with Gasteiger partial charge in [-0.1, -0.05) is 31.4 Å². The second kappa shape index (κ2) is 4.77. The van der Waals surface area contributed by atoms with Gasteiger partial charge < -0.3 is 10.8 Å². The van der Waals surface area contributed by atoms with Crippen molar-refractivity contribution in [3.63, 3.8) is 0 Å². The van der Waals surface area contributed by atoms with Crippen LogP contribution < -0.4 is 5.73 Å². The zero-order valence-corrected chi connectivity index (χ0v) is 12.5. The highest BCUT2D eigenvalue weighted by Crippen LogP contribution is 2.38. The fourth-order valence-corrected chi connectivity index (χ4v) is 2.36. The molecule has 6 heteroatoms. The summed E-state index contributed by atoms with van der Waals surface area (Å²) in [5, 5.41) is 9.28. The zero-order valence-electron chi connectivity index (χ0n) is 11.5. The molecule has 0 unspecified atom stereocenters. The number of aromatic nitrogens is 2. The first-order valence-corrected chi connectivity index (χ1v) is 9.95. The average molecular weight is 277 g/mol. The van der Waals surface area contributed by atoms with E-state index in [4.69, 9.17) is 5.73 Å². The maximum absolute atomic E-state index is 11.3. The molecule has 1 aromatic rings. The molecule has 0 saturated heterocycles.